The minimum absolute atomic E-state index is 0.213. The summed E-state index contributed by atoms with van der Waals surface area (Å²) in [5.74, 6) is 0.378. The van der Waals surface area contributed by atoms with Gasteiger partial charge in [0.15, 0.2) is 0 Å². The highest BCUT2D eigenvalue weighted by Gasteiger charge is 2.09. The molecule has 0 fully saturated rings. The first-order chi connectivity index (χ1) is 9.58. The molecule has 0 aliphatic carbocycles. The van der Waals surface area contributed by atoms with E-state index in [9.17, 15) is 4.79 Å². The molecule has 2 aromatic rings. The lowest BCUT2D eigenvalue weighted by molar-refractivity contribution is 0.102. The number of carbonyl (C=O) groups excluding carboxylic acids is 1. The zero-order chi connectivity index (χ0) is 14.5. The summed E-state index contributed by atoms with van der Waals surface area (Å²) in [7, 11) is 0. The van der Waals surface area contributed by atoms with E-state index >= 15 is 0 Å². The lowest BCUT2D eigenvalue weighted by Crippen LogP contribution is -2.13. The summed E-state index contributed by atoms with van der Waals surface area (Å²) < 4.78 is 1.06. The molecule has 0 atom stereocenters. The van der Waals surface area contributed by atoms with E-state index in [1.54, 1.807) is 12.1 Å². The average Bonchev–Trinajstić information content (AvgIpc) is 2.38. The molecule has 1 amide bonds. The van der Waals surface area contributed by atoms with Crippen LogP contribution < -0.4 is 10.6 Å². The van der Waals surface area contributed by atoms with Gasteiger partial charge >= 0.3 is 0 Å². The number of aromatic nitrogens is 1. The van der Waals surface area contributed by atoms with Crippen LogP contribution in [0.3, 0.4) is 0 Å². The minimum atomic E-state index is -0.213. The van der Waals surface area contributed by atoms with Gasteiger partial charge in [-0.1, -0.05) is 17.7 Å². The predicted octanol–water partition coefficient (Wildman–Crippen LogP) is 4.02. The molecule has 0 saturated carbocycles. The molecule has 20 heavy (non-hydrogen) atoms. The van der Waals surface area contributed by atoms with Crippen molar-refractivity contribution in [1.82, 2.24) is 4.98 Å². The fraction of sp³-hybridized carbons (Fsp3) is 0.143. The second kappa shape index (κ2) is 6.90. The normalized spacial score (nSPS) is 10.2. The fourth-order valence-electron chi connectivity index (χ4n) is 1.67. The predicted molar refractivity (Wildman–Crippen MR) is 90.5 cm³/mol. The number of rotatable bonds is 4. The molecule has 0 spiro atoms. The van der Waals surface area contributed by atoms with Crippen LogP contribution in [-0.4, -0.2) is 17.4 Å². The van der Waals surface area contributed by atoms with E-state index in [1.807, 2.05) is 31.2 Å². The van der Waals surface area contributed by atoms with Crippen molar-refractivity contribution in [2.75, 3.05) is 17.2 Å². The molecule has 6 heteroatoms. The lowest BCUT2D eigenvalue weighted by Gasteiger charge is -2.08. The van der Waals surface area contributed by atoms with Gasteiger partial charge in [-0.2, -0.15) is 0 Å². The largest absolute Gasteiger partial charge is 0.370 e. The highest BCUT2D eigenvalue weighted by atomic mass is 127. The minimum Gasteiger partial charge on any atom is -0.370 e. The number of hydrogen-bond donors (Lipinski definition) is 2. The molecule has 0 aliphatic heterocycles. The van der Waals surface area contributed by atoms with Gasteiger partial charge in [-0.15, -0.1) is 0 Å². The van der Waals surface area contributed by atoms with Gasteiger partial charge in [0.1, 0.15) is 11.0 Å². The maximum absolute atomic E-state index is 12.2. The molecule has 4 nitrogen and oxygen atoms in total. The van der Waals surface area contributed by atoms with Gasteiger partial charge in [0.25, 0.3) is 5.91 Å². The topological polar surface area (TPSA) is 54.0 Å². The van der Waals surface area contributed by atoms with E-state index in [0.717, 1.165) is 9.26 Å². The van der Waals surface area contributed by atoms with Crippen LogP contribution in [0.2, 0.25) is 5.15 Å². The van der Waals surface area contributed by atoms with Crippen molar-refractivity contribution in [2.24, 2.45) is 0 Å². The Morgan fingerprint density at radius 2 is 2.15 bits per heavy atom. The Kier molecular flexibility index (Phi) is 5.19. The molecule has 0 bridgehead atoms. The number of hydrogen-bond acceptors (Lipinski definition) is 3. The van der Waals surface area contributed by atoms with Crippen molar-refractivity contribution in [2.45, 2.75) is 6.92 Å². The molecule has 1 aromatic carbocycles. The van der Waals surface area contributed by atoms with E-state index in [2.05, 4.69) is 38.2 Å². The monoisotopic (exact) mass is 401 g/mol. The maximum Gasteiger partial charge on any atom is 0.255 e. The molecular formula is C14H13ClIN3O. The third kappa shape index (κ3) is 4.08. The third-order valence-electron chi connectivity index (χ3n) is 2.50. The van der Waals surface area contributed by atoms with Crippen molar-refractivity contribution >= 4 is 51.6 Å². The van der Waals surface area contributed by atoms with E-state index in [1.165, 1.54) is 0 Å². The zero-order valence-corrected chi connectivity index (χ0v) is 13.7. The molecule has 1 heterocycles. The van der Waals surface area contributed by atoms with Crippen molar-refractivity contribution in [3.05, 3.63) is 50.7 Å². The highest BCUT2D eigenvalue weighted by Crippen LogP contribution is 2.17. The Balaban J connectivity index is 2.20. The number of benzene rings is 1. The maximum atomic E-state index is 12.2. The SMILES string of the molecule is CCNc1cc(C(=O)Nc2cccc(I)c2)cc(Cl)n1. The smallest absolute Gasteiger partial charge is 0.255 e. The summed E-state index contributed by atoms with van der Waals surface area (Å²) in [6, 6.07) is 10.8. The van der Waals surface area contributed by atoms with Gasteiger partial charge in [-0.3, -0.25) is 4.79 Å². The summed E-state index contributed by atoms with van der Waals surface area (Å²) in [4.78, 5) is 16.3. The second-order valence-electron chi connectivity index (χ2n) is 4.06. The molecular weight excluding hydrogens is 389 g/mol. The second-order valence-corrected chi connectivity index (χ2v) is 5.69. The van der Waals surface area contributed by atoms with Gasteiger partial charge in [0, 0.05) is 21.4 Å². The van der Waals surface area contributed by atoms with Gasteiger partial charge in [0.2, 0.25) is 0 Å². The Bertz CT molecular complexity index is 634. The summed E-state index contributed by atoms with van der Waals surface area (Å²) in [6.07, 6.45) is 0. The molecule has 0 radical (unpaired) electrons. The van der Waals surface area contributed by atoms with Crippen molar-refractivity contribution in [1.29, 1.82) is 0 Å². The van der Waals surface area contributed by atoms with E-state index in [4.69, 9.17) is 11.6 Å². The summed E-state index contributed by atoms with van der Waals surface area (Å²) in [5.41, 5.74) is 1.22. The van der Waals surface area contributed by atoms with E-state index in [0.29, 0.717) is 17.9 Å². The van der Waals surface area contributed by atoms with Crippen LogP contribution in [0.4, 0.5) is 11.5 Å². The number of carbonyl (C=O) groups is 1. The quantitative estimate of drug-likeness (QED) is 0.601. The first-order valence-corrected chi connectivity index (χ1v) is 7.52. The van der Waals surface area contributed by atoms with E-state index in [-0.39, 0.29) is 11.1 Å². The molecule has 2 rings (SSSR count). The van der Waals surface area contributed by atoms with Crippen LogP contribution in [0.5, 0.6) is 0 Å². The Labute approximate surface area is 136 Å². The molecule has 0 saturated heterocycles. The summed E-state index contributed by atoms with van der Waals surface area (Å²) >= 11 is 8.12. The first kappa shape index (κ1) is 15.1. The van der Waals surface area contributed by atoms with Crippen LogP contribution in [0.25, 0.3) is 0 Å². The third-order valence-corrected chi connectivity index (χ3v) is 3.36. The first-order valence-electron chi connectivity index (χ1n) is 6.07. The van der Waals surface area contributed by atoms with Crippen LogP contribution >= 0.6 is 34.2 Å². The van der Waals surface area contributed by atoms with Gasteiger partial charge in [-0.25, -0.2) is 4.98 Å². The highest BCUT2D eigenvalue weighted by molar-refractivity contribution is 14.1. The standard InChI is InChI=1S/C14H13ClIN3O/c1-2-17-13-7-9(6-12(15)19-13)14(20)18-11-5-3-4-10(16)8-11/h3-8H,2H2,1H3,(H,17,19)(H,18,20). The molecule has 2 N–H and O–H groups in total. The van der Waals surface area contributed by atoms with Crippen LogP contribution in [0.1, 0.15) is 17.3 Å². The number of halogens is 2. The van der Waals surface area contributed by atoms with E-state index < -0.39 is 0 Å². The number of nitrogens with zero attached hydrogens (tertiary/aromatic N) is 1. The van der Waals surface area contributed by atoms with Gasteiger partial charge in [0.05, 0.1) is 0 Å². The summed E-state index contributed by atoms with van der Waals surface area (Å²) in [5, 5.41) is 6.17. The van der Waals surface area contributed by atoms with Crippen LogP contribution in [-0.2, 0) is 0 Å². The molecule has 0 unspecified atom stereocenters. The van der Waals surface area contributed by atoms with Gasteiger partial charge < -0.3 is 10.6 Å². The van der Waals surface area contributed by atoms with Gasteiger partial charge in [-0.05, 0) is 59.8 Å². The molecule has 104 valence electrons. The summed E-state index contributed by atoms with van der Waals surface area (Å²) in [6.45, 7) is 2.67. The number of nitrogens with one attached hydrogen (secondary N) is 2. The van der Waals surface area contributed by atoms with Crippen LogP contribution in [0.15, 0.2) is 36.4 Å². The van der Waals surface area contributed by atoms with Crippen molar-refractivity contribution in [3.63, 3.8) is 0 Å². The zero-order valence-electron chi connectivity index (χ0n) is 10.8. The Morgan fingerprint density at radius 1 is 1.35 bits per heavy atom. The Morgan fingerprint density at radius 3 is 2.85 bits per heavy atom. The average molecular weight is 402 g/mol. The molecule has 0 aliphatic rings. The lowest BCUT2D eigenvalue weighted by atomic mass is 10.2. The molecule has 1 aromatic heterocycles. The van der Waals surface area contributed by atoms with Crippen LogP contribution in [0, 0.1) is 3.57 Å². The fourth-order valence-corrected chi connectivity index (χ4v) is 2.42. The Hall–Kier alpha value is -1.34. The van der Waals surface area contributed by atoms with Crippen molar-refractivity contribution < 1.29 is 4.79 Å². The van der Waals surface area contributed by atoms with Crippen molar-refractivity contribution in [3.8, 4) is 0 Å². The number of amides is 1. The number of anilines is 2. The number of pyridine rings is 1.